The van der Waals surface area contributed by atoms with E-state index in [1.54, 1.807) is 0 Å². The molecule has 1 rings (SSSR count). The van der Waals surface area contributed by atoms with Gasteiger partial charge in [-0.05, 0) is 19.1 Å². The van der Waals surface area contributed by atoms with Crippen LogP contribution in [0.2, 0.25) is 0 Å². The molecule has 1 aromatic carbocycles. The largest absolute Gasteiger partial charge is 0.493 e. The summed E-state index contributed by atoms with van der Waals surface area (Å²) in [5.41, 5.74) is 0.148. The molecule has 0 amide bonds. The van der Waals surface area contributed by atoms with Crippen LogP contribution in [0.15, 0.2) is 24.3 Å². The Hall–Kier alpha value is -1.10. The molecule has 0 radical (unpaired) electrons. The van der Waals surface area contributed by atoms with Crippen molar-refractivity contribution in [1.29, 1.82) is 0 Å². The third-order valence-corrected chi connectivity index (χ3v) is 2.57. The van der Waals surface area contributed by atoms with E-state index in [0.717, 1.165) is 5.56 Å². The van der Waals surface area contributed by atoms with Crippen molar-refractivity contribution in [3.05, 3.63) is 29.8 Å². The van der Waals surface area contributed by atoms with E-state index >= 15 is 0 Å². The highest BCUT2D eigenvalue weighted by Gasteiger charge is 2.29. The minimum atomic E-state index is -0.981. The number of hydrogen-bond donors (Lipinski definition) is 3. The molecule has 0 aromatic heterocycles. The summed E-state index contributed by atoms with van der Waals surface area (Å²) >= 11 is 0. The van der Waals surface area contributed by atoms with Gasteiger partial charge in [-0.15, -0.1) is 0 Å². The first kappa shape index (κ1) is 13.0. The highest BCUT2D eigenvalue weighted by Crippen LogP contribution is 2.18. The van der Waals surface area contributed by atoms with Gasteiger partial charge in [0, 0.05) is 0 Å². The van der Waals surface area contributed by atoms with Gasteiger partial charge in [0.15, 0.2) is 0 Å². The third-order valence-electron chi connectivity index (χ3n) is 2.57. The SMILES string of the molecule is Cc1ccc(OCC(CO)(CO)CO)cc1. The van der Waals surface area contributed by atoms with Gasteiger partial charge in [-0.3, -0.25) is 0 Å². The van der Waals surface area contributed by atoms with Gasteiger partial charge >= 0.3 is 0 Å². The molecule has 0 aliphatic heterocycles. The van der Waals surface area contributed by atoms with Crippen molar-refractivity contribution in [1.82, 2.24) is 0 Å². The summed E-state index contributed by atoms with van der Waals surface area (Å²) in [5.74, 6) is 0.658. The lowest BCUT2D eigenvalue weighted by atomic mass is 9.93. The van der Waals surface area contributed by atoms with E-state index in [4.69, 9.17) is 20.1 Å². The summed E-state index contributed by atoms with van der Waals surface area (Å²) in [5, 5.41) is 27.3. The lowest BCUT2D eigenvalue weighted by molar-refractivity contribution is -0.0258. The monoisotopic (exact) mass is 226 g/mol. The predicted molar refractivity (Wildman–Crippen MR) is 60.4 cm³/mol. The fraction of sp³-hybridized carbons (Fsp3) is 0.500. The van der Waals surface area contributed by atoms with Gasteiger partial charge in [0.2, 0.25) is 0 Å². The fourth-order valence-corrected chi connectivity index (χ4v) is 1.16. The van der Waals surface area contributed by atoms with E-state index in [0.29, 0.717) is 5.75 Å². The average molecular weight is 226 g/mol. The van der Waals surface area contributed by atoms with E-state index in [1.807, 2.05) is 31.2 Å². The zero-order valence-electron chi connectivity index (χ0n) is 9.39. The Balaban J connectivity index is 2.58. The molecule has 0 fully saturated rings. The molecule has 0 saturated carbocycles. The standard InChI is InChI=1S/C12H18O4/c1-10-2-4-11(5-3-10)16-9-12(6-13,7-14)8-15/h2-5,13-15H,6-9H2,1H3. The van der Waals surface area contributed by atoms with Gasteiger partial charge in [-0.2, -0.15) is 0 Å². The minimum Gasteiger partial charge on any atom is -0.493 e. The molecule has 4 nitrogen and oxygen atoms in total. The smallest absolute Gasteiger partial charge is 0.119 e. The number of rotatable bonds is 6. The average Bonchev–Trinajstić information content (AvgIpc) is 2.34. The summed E-state index contributed by atoms with van der Waals surface area (Å²) in [6.45, 7) is 1.12. The van der Waals surface area contributed by atoms with Gasteiger partial charge in [0.1, 0.15) is 12.4 Å². The van der Waals surface area contributed by atoms with Crippen molar-refractivity contribution in [2.45, 2.75) is 6.92 Å². The van der Waals surface area contributed by atoms with Crippen LogP contribution in [0.1, 0.15) is 5.56 Å². The van der Waals surface area contributed by atoms with Crippen LogP contribution in [0.5, 0.6) is 5.75 Å². The van der Waals surface area contributed by atoms with Crippen LogP contribution < -0.4 is 4.74 Å². The second kappa shape index (κ2) is 5.84. The van der Waals surface area contributed by atoms with Crippen molar-refractivity contribution in [3.63, 3.8) is 0 Å². The van der Waals surface area contributed by atoms with Gasteiger partial charge in [0.05, 0.1) is 25.2 Å². The van der Waals surface area contributed by atoms with Gasteiger partial charge in [0.25, 0.3) is 0 Å². The van der Waals surface area contributed by atoms with E-state index < -0.39 is 5.41 Å². The molecule has 4 heteroatoms. The maximum Gasteiger partial charge on any atom is 0.119 e. The van der Waals surface area contributed by atoms with Crippen molar-refractivity contribution >= 4 is 0 Å². The topological polar surface area (TPSA) is 69.9 Å². The van der Waals surface area contributed by atoms with Crippen molar-refractivity contribution < 1.29 is 20.1 Å². The number of aliphatic hydroxyl groups is 3. The first-order valence-corrected chi connectivity index (χ1v) is 5.18. The quantitative estimate of drug-likeness (QED) is 0.654. The lowest BCUT2D eigenvalue weighted by Crippen LogP contribution is -2.39. The van der Waals surface area contributed by atoms with Crippen LogP contribution in [-0.2, 0) is 0 Å². The highest BCUT2D eigenvalue weighted by molar-refractivity contribution is 5.26. The number of aliphatic hydroxyl groups excluding tert-OH is 3. The Morgan fingerprint density at radius 1 is 1.00 bits per heavy atom. The Morgan fingerprint density at radius 2 is 1.50 bits per heavy atom. The Bertz CT molecular complexity index is 295. The second-order valence-electron chi connectivity index (χ2n) is 4.08. The molecule has 1 aromatic rings. The number of ether oxygens (including phenoxy) is 1. The molecule has 0 saturated heterocycles. The zero-order chi connectivity index (χ0) is 12.0. The van der Waals surface area contributed by atoms with E-state index in [-0.39, 0.29) is 26.4 Å². The molecule has 3 N–H and O–H groups in total. The van der Waals surface area contributed by atoms with Gasteiger partial charge in [-0.1, -0.05) is 17.7 Å². The van der Waals surface area contributed by atoms with Gasteiger partial charge in [-0.25, -0.2) is 0 Å². The Labute approximate surface area is 95.1 Å². The third kappa shape index (κ3) is 3.20. The molecule has 0 spiro atoms. The molecule has 0 bridgehead atoms. The van der Waals surface area contributed by atoms with E-state index in [2.05, 4.69) is 0 Å². The Kier molecular flexibility index (Phi) is 4.73. The number of hydrogen-bond acceptors (Lipinski definition) is 4. The maximum absolute atomic E-state index is 9.10. The predicted octanol–water partition coefficient (Wildman–Crippen LogP) is 0.337. The van der Waals surface area contributed by atoms with Crippen LogP contribution in [-0.4, -0.2) is 41.7 Å². The van der Waals surface area contributed by atoms with Crippen LogP contribution in [0.4, 0.5) is 0 Å². The van der Waals surface area contributed by atoms with Crippen molar-refractivity contribution in [3.8, 4) is 5.75 Å². The van der Waals surface area contributed by atoms with Crippen LogP contribution in [0.3, 0.4) is 0 Å². The zero-order valence-corrected chi connectivity index (χ0v) is 9.39. The molecular formula is C12H18O4. The second-order valence-corrected chi connectivity index (χ2v) is 4.08. The van der Waals surface area contributed by atoms with E-state index in [9.17, 15) is 0 Å². The summed E-state index contributed by atoms with van der Waals surface area (Å²) in [6.07, 6.45) is 0. The maximum atomic E-state index is 9.10. The number of aryl methyl sites for hydroxylation is 1. The highest BCUT2D eigenvalue weighted by atomic mass is 16.5. The van der Waals surface area contributed by atoms with Crippen LogP contribution >= 0.6 is 0 Å². The molecule has 0 aliphatic rings. The summed E-state index contributed by atoms with van der Waals surface area (Å²) in [7, 11) is 0. The minimum absolute atomic E-state index is 0.0829. The first-order chi connectivity index (χ1) is 7.65. The summed E-state index contributed by atoms with van der Waals surface area (Å²) in [4.78, 5) is 0. The van der Waals surface area contributed by atoms with Crippen molar-refractivity contribution in [2.75, 3.05) is 26.4 Å². The lowest BCUT2D eigenvalue weighted by Gasteiger charge is -2.27. The fourth-order valence-electron chi connectivity index (χ4n) is 1.16. The molecule has 0 unspecified atom stereocenters. The molecule has 0 heterocycles. The first-order valence-electron chi connectivity index (χ1n) is 5.18. The molecule has 90 valence electrons. The molecule has 16 heavy (non-hydrogen) atoms. The Morgan fingerprint density at radius 3 is 1.94 bits per heavy atom. The van der Waals surface area contributed by atoms with Crippen LogP contribution in [0.25, 0.3) is 0 Å². The molecular weight excluding hydrogens is 208 g/mol. The van der Waals surface area contributed by atoms with Gasteiger partial charge < -0.3 is 20.1 Å². The summed E-state index contributed by atoms with van der Waals surface area (Å²) in [6, 6.07) is 7.44. The van der Waals surface area contributed by atoms with Crippen molar-refractivity contribution in [2.24, 2.45) is 5.41 Å². The normalized spacial score (nSPS) is 11.5. The molecule has 0 aliphatic carbocycles. The number of benzene rings is 1. The molecule has 0 atom stereocenters. The van der Waals surface area contributed by atoms with Crippen LogP contribution in [0, 0.1) is 12.3 Å². The summed E-state index contributed by atoms with van der Waals surface area (Å²) < 4.78 is 5.42. The van der Waals surface area contributed by atoms with E-state index in [1.165, 1.54) is 0 Å².